The highest BCUT2D eigenvalue weighted by Gasteiger charge is 2.23. The van der Waals surface area contributed by atoms with Crippen LogP contribution in [0, 0.1) is 0 Å². The molecule has 0 atom stereocenters. The number of aromatic nitrogens is 3. The van der Waals surface area contributed by atoms with Gasteiger partial charge in [0.05, 0.1) is 11.7 Å². The van der Waals surface area contributed by atoms with Crippen molar-refractivity contribution in [1.29, 1.82) is 0 Å². The molecule has 0 aliphatic rings. The van der Waals surface area contributed by atoms with E-state index in [0.29, 0.717) is 5.69 Å². The maximum absolute atomic E-state index is 9.65. The molecule has 1 aromatic rings. The molecule has 4 heteroatoms. The summed E-state index contributed by atoms with van der Waals surface area (Å²) < 4.78 is 1.75. The van der Waals surface area contributed by atoms with E-state index in [-0.39, 0.29) is 5.54 Å². The Labute approximate surface area is 78.6 Å². The minimum Gasteiger partial charge on any atom is -0.384 e. The van der Waals surface area contributed by atoms with E-state index >= 15 is 0 Å². The van der Waals surface area contributed by atoms with Gasteiger partial charge in [-0.1, -0.05) is 5.21 Å². The molecule has 0 saturated heterocycles. The molecule has 0 spiro atoms. The van der Waals surface area contributed by atoms with E-state index in [2.05, 4.69) is 10.3 Å². The Hall–Kier alpha value is -0.900. The van der Waals surface area contributed by atoms with Gasteiger partial charge in [0.15, 0.2) is 0 Å². The molecule has 1 aromatic heterocycles. The van der Waals surface area contributed by atoms with Crippen LogP contribution in [0.4, 0.5) is 0 Å². The molecule has 13 heavy (non-hydrogen) atoms. The van der Waals surface area contributed by atoms with Crippen LogP contribution in [0.3, 0.4) is 0 Å². The summed E-state index contributed by atoms with van der Waals surface area (Å²) in [6.07, 6.45) is 1.78. The van der Waals surface area contributed by atoms with Crippen molar-refractivity contribution in [3.8, 4) is 0 Å². The van der Waals surface area contributed by atoms with Crippen LogP contribution in [-0.2, 0) is 11.1 Å². The highest BCUT2D eigenvalue weighted by atomic mass is 16.3. The second kappa shape index (κ2) is 2.80. The van der Waals surface area contributed by atoms with Gasteiger partial charge in [0.25, 0.3) is 0 Å². The van der Waals surface area contributed by atoms with E-state index in [1.807, 2.05) is 20.8 Å². The van der Waals surface area contributed by atoms with E-state index < -0.39 is 5.60 Å². The zero-order valence-electron chi connectivity index (χ0n) is 8.87. The van der Waals surface area contributed by atoms with E-state index in [1.165, 1.54) is 0 Å². The number of hydrogen-bond donors (Lipinski definition) is 1. The van der Waals surface area contributed by atoms with Crippen LogP contribution >= 0.6 is 0 Å². The highest BCUT2D eigenvalue weighted by Crippen LogP contribution is 2.19. The van der Waals surface area contributed by atoms with Gasteiger partial charge >= 0.3 is 0 Å². The van der Waals surface area contributed by atoms with E-state index in [0.717, 1.165) is 0 Å². The third kappa shape index (κ3) is 2.28. The van der Waals surface area contributed by atoms with E-state index in [4.69, 9.17) is 0 Å². The summed E-state index contributed by atoms with van der Waals surface area (Å²) in [5.74, 6) is 0. The predicted molar refractivity (Wildman–Crippen MR) is 50.3 cm³/mol. The van der Waals surface area contributed by atoms with Crippen LogP contribution < -0.4 is 0 Å². The quantitative estimate of drug-likeness (QED) is 0.713. The Morgan fingerprint density at radius 2 is 1.77 bits per heavy atom. The van der Waals surface area contributed by atoms with Gasteiger partial charge in [-0.2, -0.15) is 0 Å². The average molecular weight is 183 g/mol. The second-order valence-electron chi connectivity index (χ2n) is 4.78. The summed E-state index contributed by atoms with van der Waals surface area (Å²) in [6, 6.07) is 0. The lowest BCUT2D eigenvalue weighted by atomic mass is 10.1. The molecule has 0 aliphatic heterocycles. The van der Waals surface area contributed by atoms with Crippen molar-refractivity contribution in [2.45, 2.75) is 45.8 Å². The van der Waals surface area contributed by atoms with Crippen molar-refractivity contribution in [1.82, 2.24) is 15.0 Å². The number of rotatable bonds is 1. The summed E-state index contributed by atoms with van der Waals surface area (Å²) in [6.45, 7) is 9.51. The van der Waals surface area contributed by atoms with Crippen molar-refractivity contribution < 1.29 is 5.11 Å². The maximum atomic E-state index is 9.65. The molecule has 1 heterocycles. The molecule has 0 fully saturated rings. The average Bonchev–Trinajstić information content (AvgIpc) is 2.28. The normalized spacial score (nSPS) is 13.4. The largest absolute Gasteiger partial charge is 0.384 e. The van der Waals surface area contributed by atoms with Gasteiger partial charge in [-0.15, -0.1) is 5.10 Å². The fourth-order valence-corrected chi connectivity index (χ4v) is 0.872. The Kier molecular flexibility index (Phi) is 2.20. The molecule has 0 unspecified atom stereocenters. The molecule has 4 nitrogen and oxygen atoms in total. The van der Waals surface area contributed by atoms with Crippen molar-refractivity contribution in [3.63, 3.8) is 0 Å². The number of aliphatic hydroxyl groups is 1. The SMILES string of the molecule is CC(C)(O)c1cn(C(C)(C)C)nn1. The monoisotopic (exact) mass is 183 g/mol. The molecule has 1 N–H and O–H groups in total. The third-order valence-corrected chi connectivity index (χ3v) is 1.81. The first-order valence-corrected chi connectivity index (χ1v) is 4.37. The summed E-state index contributed by atoms with van der Waals surface area (Å²) in [4.78, 5) is 0. The maximum Gasteiger partial charge on any atom is 0.114 e. The van der Waals surface area contributed by atoms with Crippen LogP contribution in [0.5, 0.6) is 0 Å². The number of hydrogen-bond acceptors (Lipinski definition) is 3. The van der Waals surface area contributed by atoms with Gasteiger partial charge in [-0.25, -0.2) is 4.68 Å². The zero-order valence-corrected chi connectivity index (χ0v) is 8.87. The van der Waals surface area contributed by atoms with Crippen molar-refractivity contribution in [2.24, 2.45) is 0 Å². The first kappa shape index (κ1) is 10.2. The molecule has 0 radical (unpaired) electrons. The molecule has 0 bridgehead atoms. The van der Waals surface area contributed by atoms with Crippen LogP contribution in [0.15, 0.2) is 6.20 Å². The van der Waals surface area contributed by atoms with Gasteiger partial charge in [0.1, 0.15) is 11.3 Å². The summed E-state index contributed by atoms with van der Waals surface area (Å²) in [7, 11) is 0. The fourth-order valence-electron chi connectivity index (χ4n) is 0.872. The van der Waals surface area contributed by atoms with Crippen molar-refractivity contribution in [3.05, 3.63) is 11.9 Å². The summed E-state index contributed by atoms with van der Waals surface area (Å²) in [5.41, 5.74) is -0.401. The molecule has 74 valence electrons. The van der Waals surface area contributed by atoms with Crippen molar-refractivity contribution in [2.75, 3.05) is 0 Å². The van der Waals surface area contributed by atoms with Crippen LogP contribution in [0.2, 0.25) is 0 Å². The Bertz CT molecular complexity index is 262. The zero-order chi connectivity index (χ0) is 10.3. The lowest BCUT2D eigenvalue weighted by Crippen LogP contribution is -2.22. The molecule has 0 saturated carbocycles. The van der Waals surface area contributed by atoms with Gasteiger partial charge < -0.3 is 5.11 Å². The topological polar surface area (TPSA) is 50.9 Å². The number of nitrogens with zero attached hydrogens (tertiary/aromatic N) is 3. The first-order chi connectivity index (χ1) is 5.71. The van der Waals surface area contributed by atoms with Crippen LogP contribution in [-0.4, -0.2) is 20.1 Å². The van der Waals surface area contributed by atoms with Gasteiger partial charge in [-0.3, -0.25) is 0 Å². The molecule has 0 aromatic carbocycles. The fraction of sp³-hybridized carbons (Fsp3) is 0.778. The van der Waals surface area contributed by atoms with E-state index in [1.54, 1.807) is 24.7 Å². The van der Waals surface area contributed by atoms with Crippen LogP contribution in [0.25, 0.3) is 0 Å². The Balaban J connectivity index is 3.01. The van der Waals surface area contributed by atoms with Gasteiger partial charge in [0.2, 0.25) is 0 Å². The lowest BCUT2D eigenvalue weighted by molar-refractivity contribution is 0.0737. The third-order valence-electron chi connectivity index (χ3n) is 1.81. The van der Waals surface area contributed by atoms with Crippen LogP contribution in [0.1, 0.15) is 40.3 Å². The molecule has 0 amide bonds. The van der Waals surface area contributed by atoms with Crippen molar-refractivity contribution >= 4 is 0 Å². The molecule has 0 aliphatic carbocycles. The predicted octanol–water partition coefficient (Wildman–Crippen LogP) is 1.26. The Morgan fingerprint density at radius 1 is 1.23 bits per heavy atom. The first-order valence-electron chi connectivity index (χ1n) is 4.37. The molecular formula is C9H17N3O. The minimum atomic E-state index is -0.913. The summed E-state index contributed by atoms with van der Waals surface area (Å²) in [5, 5.41) is 17.5. The lowest BCUT2D eigenvalue weighted by Gasteiger charge is -2.18. The second-order valence-corrected chi connectivity index (χ2v) is 4.78. The smallest absolute Gasteiger partial charge is 0.114 e. The summed E-state index contributed by atoms with van der Waals surface area (Å²) >= 11 is 0. The van der Waals surface area contributed by atoms with Gasteiger partial charge in [0, 0.05) is 0 Å². The molecular weight excluding hydrogens is 166 g/mol. The molecule has 1 rings (SSSR count). The Morgan fingerprint density at radius 3 is 2.00 bits per heavy atom. The standard InChI is InChI=1S/C9H17N3O/c1-8(2,3)12-6-7(10-11-12)9(4,5)13/h6,13H,1-5H3. The minimum absolute atomic E-state index is 0.0868. The van der Waals surface area contributed by atoms with E-state index in [9.17, 15) is 5.11 Å². The van der Waals surface area contributed by atoms with Gasteiger partial charge in [-0.05, 0) is 34.6 Å². The highest BCUT2D eigenvalue weighted by molar-refractivity contribution is 5.03.